The molecular weight excluding hydrogens is 242 g/mol. The summed E-state index contributed by atoms with van der Waals surface area (Å²) in [6.07, 6.45) is 7.71. The smallest absolute Gasteiger partial charge is 0.450 e. The van der Waals surface area contributed by atoms with Gasteiger partial charge in [-0.3, -0.25) is 4.90 Å². The highest BCUT2D eigenvalue weighted by molar-refractivity contribution is 5.57. The fraction of sp³-hybridized carbons (Fsp3) is 0.933. The molecule has 0 amide bonds. The van der Waals surface area contributed by atoms with Crippen LogP contribution in [0.4, 0.5) is 4.79 Å². The number of hydrogen-bond acceptors (Lipinski definition) is 3. The Morgan fingerprint density at radius 3 is 2.26 bits per heavy atom. The normalized spacial score (nSPS) is 23.5. The second-order valence-electron chi connectivity index (χ2n) is 5.52. The Kier molecular flexibility index (Phi) is 7.87. The zero-order valence-corrected chi connectivity index (χ0v) is 12.4. The molecule has 2 atom stereocenters. The van der Waals surface area contributed by atoms with E-state index in [0.29, 0.717) is 6.04 Å². The van der Waals surface area contributed by atoms with Gasteiger partial charge in [0, 0.05) is 6.04 Å². The van der Waals surface area contributed by atoms with E-state index >= 15 is 0 Å². The zero-order valence-electron chi connectivity index (χ0n) is 12.4. The van der Waals surface area contributed by atoms with Crippen molar-refractivity contribution in [1.29, 1.82) is 0 Å². The highest BCUT2D eigenvalue weighted by Gasteiger charge is 2.32. The molecule has 0 aromatic carbocycles. The second kappa shape index (κ2) is 9.18. The SMILES string of the molecule is CCCCN(CCCC)[C@H]1CCCC[C@@H]1OC(=O)O. The summed E-state index contributed by atoms with van der Waals surface area (Å²) in [5.74, 6) is 0. The maximum Gasteiger partial charge on any atom is 0.506 e. The molecule has 0 aromatic rings. The van der Waals surface area contributed by atoms with E-state index < -0.39 is 6.16 Å². The predicted molar refractivity (Wildman–Crippen MR) is 76.5 cm³/mol. The summed E-state index contributed by atoms with van der Waals surface area (Å²) in [5.41, 5.74) is 0. The Balaban J connectivity index is 2.61. The molecule has 112 valence electrons. The second-order valence-corrected chi connectivity index (χ2v) is 5.52. The van der Waals surface area contributed by atoms with Crippen LogP contribution in [0.2, 0.25) is 0 Å². The summed E-state index contributed by atoms with van der Waals surface area (Å²) in [5, 5.41) is 8.88. The van der Waals surface area contributed by atoms with Gasteiger partial charge in [-0.05, 0) is 45.2 Å². The van der Waals surface area contributed by atoms with Crippen molar-refractivity contribution in [2.45, 2.75) is 77.4 Å². The van der Waals surface area contributed by atoms with Crippen LogP contribution in [0.3, 0.4) is 0 Å². The number of nitrogens with zero attached hydrogens (tertiary/aromatic N) is 1. The first kappa shape index (κ1) is 16.3. The largest absolute Gasteiger partial charge is 0.506 e. The first-order valence-corrected chi connectivity index (χ1v) is 7.82. The molecule has 0 bridgehead atoms. The summed E-state index contributed by atoms with van der Waals surface area (Å²) in [6.45, 7) is 6.54. The average molecular weight is 271 g/mol. The molecule has 1 aliphatic rings. The molecule has 0 heterocycles. The third-order valence-corrected chi connectivity index (χ3v) is 3.99. The number of carbonyl (C=O) groups is 1. The Labute approximate surface area is 117 Å². The van der Waals surface area contributed by atoms with Crippen LogP contribution in [0, 0.1) is 0 Å². The van der Waals surface area contributed by atoms with Crippen LogP contribution >= 0.6 is 0 Å². The molecule has 1 N–H and O–H groups in total. The van der Waals surface area contributed by atoms with E-state index in [1.807, 2.05) is 0 Å². The number of carboxylic acid groups (broad SMARTS) is 1. The van der Waals surface area contributed by atoms with Crippen LogP contribution in [0.5, 0.6) is 0 Å². The van der Waals surface area contributed by atoms with Gasteiger partial charge in [0.1, 0.15) is 6.10 Å². The van der Waals surface area contributed by atoms with Crippen molar-refractivity contribution in [3.63, 3.8) is 0 Å². The van der Waals surface area contributed by atoms with Crippen molar-refractivity contribution < 1.29 is 14.6 Å². The highest BCUT2D eigenvalue weighted by atomic mass is 16.7. The van der Waals surface area contributed by atoms with Crippen molar-refractivity contribution in [3.05, 3.63) is 0 Å². The van der Waals surface area contributed by atoms with Gasteiger partial charge in [0.15, 0.2) is 0 Å². The fourth-order valence-corrected chi connectivity index (χ4v) is 2.93. The molecule has 1 fully saturated rings. The van der Waals surface area contributed by atoms with E-state index in [4.69, 9.17) is 9.84 Å². The zero-order chi connectivity index (χ0) is 14.1. The predicted octanol–water partition coefficient (Wildman–Crippen LogP) is 3.89. The summed E-state index contributed by atoms with van der Waals surface area (Å²) < 4.78 is 5.12. The van der Waals surface area contributed by atoms with Crippen LogP contribution in [0.1, 0.15) is 65.2 Å². The van der Waals surface area contributed by atoms with Gasteiger partial charge in [0.05, 0.1) is 0 Å². The van der Waals surface area contributed by atoms with Crippen molar-refractivity contribution in [2.24, 2.45) is 0 Å². The Hall–Kier alpha value is -0.770. The van der Waals surface area contributed by atoms with E-state index in [-0.39, 0.29) is 6.10 Å². The lowest BCUT2D eigenvalue weighted by molar-refractivity contribution is -0.0186. The number of rotatable bonds is 8. The molecule has 19 heavy (non-hydrogen) atoms. The fourth-order valence-electron chi connectivity index (χ4n) is 2.93. The number of unbranched alkanes of at least 4 members (excludes halogenated alkanes) is 2. The monoisotopic (exact) mass is 271 g/mol. The van der Waals surface area contributed by atoms with E-state index in [2.05, 4.69) is 18.7 Å². The van der Waals surface area contributed by atoms with Crippen molar-refractivity contribution >= 4 is 6.16 Å². The molecular formula is C15H29NO3. The lowest BCUT2D eigenvalue weighted by Gasteiger charge is -2.39. The molecule has 0 radical (unpaired) electrons. The third kappa shape index (κ3) is 5.81. The number of hydrogen-bond donors (Lipinski definition) is 1. The van der Waals surface area contributed by atoms with E-state index in [9.17, 15) is 4.79 Å². The molecule has 1 aliphatic carbocycles. The standard InChI is InChI=1S/C15H29NO3/c1-3-5-11-16(12-6-4-2)13-9-7-8-10-14(13)19-15(17)18/h13-14H,3-12H2,1-2H3,(H,17,18)/t13-,14-/m0/s1. The maximum atomic E-state index is 10.8. The van der Waals surface area contributed by atoms with Crippen LogP contribution in [-0.2, 0) is 4.74 Å². The summed E-state index contributed by atoms with van der Waals surface area (Å²) in [4.78, 5) is 13.3. The van der Waals surface area contributed by atoms with Gasteiger partial charge in [0.2, 0.25) is 0 Å². The van der Waals surface area contributed by atoms with Gasteiger partial charge in [-0.25, -0.2) is 4.79 Å². The Bertz CT molecular complexity index is 250. The Morgan fingerprint density at radius 1 is 1.16 bits per heavy atom. The van der Waals surface area contributed by atoms with Gasteiger partial charge in [0.25, 0.3) is 0 Å². The lowest BCUT2D eigenvalue weighted by atomic mass is 9.90. The van der Waals surface area contributed by atoms with Gasteiger partial charge in [-0.15, -0.1) is 0 Å². The number of ether oxygens (including phenoxy) is 1. The van der Waals surface area contributed by atoms with Crippen LogP contribution in [-0.4, -0.2) is 41.4 Å². The molecule has 0 aliphatic heterocycles. The van der Waals surface area contributed by atoms with Gasteiger partial charge >= 0.3 is 6.16 Å². The van der Waals surface area contributed by atoms with E-state index in [0.717, 1.165) is 32.4 Å². The molecule has 0 saturated heterocycles. The average Bonchev–Trinajstić information content (AvgIpc) is 2.39. The van der Waals surface area contributed by atoms with E-state index in [1.54, 1.807) is 0 Å². The van der Waals surface area contributed by atoms with Crippen molar-refractivity contribution in [2.75, 3.05) is 13.1 Å². The van der Waals surface area contributed by atoms with Crippen molar-refractivity contribution in [1.82, 2.24) is 4.90 Å². The highest BCUT2D eigenvalue weighted by Crippen LogP contribution is 2.26. The van der Waals surface area contributed by atoms with Gasteiger partial charge < -0.3 is 9.84 Å². The molecule has 0 aromatic heterocycles. The Morgan fingerprint density at radius 2 is 1.74 bits per heavy atom. The van der Waals surface area contributed by atoms with Crippen LogP contribution in [0.15, 0.2) is 0 Å². The minimum atomic E-state index is -1.12. The van der Waals surface area contributed by atoms with Gasteiger partial charge in [-0.1, -0.05) is 33.1 Å². The van der Waals surface area contributed by atoms with E-state index in [1.165, 1.54) is 32.1 Å². The minimum absolute atomic E-state index is 0.125. The quantitative estimate of drug-likeness (QED) is 0.680. The molecule has 0 unspecified atom stereocenters. The molecule has 1 saturated carbocycles. The molecule has 4 nitrogen and oxygen atoms in total. The summed E-state index contributed by atoms with van der Waals surface area (Å²) in [7, 11) is 0. The summed E-state index contributed by atoms with van der Waals surface area (Å²) >= 11 is 0. The molecule has 4 heteroatoms. The first-order valence-electron chi connectivity index (χ1n) is 7.82. The topological polar surface area (TPSA) is 49.8 Å². The van der Waals surface area contributed by atoms with Crippen LogP contribution < -0.4 is 0 Å². The maximum absolute atomic E-state index is 10.8. The van der Waals surface area contributed by atoms with Crippen molar-refractivity contribution in [3.8, 4) is 0 Å². The molecule has 0 spiro atoms. The summed E-state index contributed by atoms with van der Waals surface area (Å²) in [6, 6.07) is 0.294. The third-order valence-electron chi connectivity index (χ3n) is 3.99. The minimum Gasteiger partial charge on any atom is -0.450 e. The first-order chi connectivity index (χ1) is 9.19. The molecule has 1 rings (SSSR count). The van der Waals surface area contributed by atoms with Gasteiger partial charge in [-0.2, -0.15) is 0 Å². The van der Waals surface area contributed by atoms with Crippen LogP contribution in [0.25, 0.3) is 0 Å². The lowest BCUT2D eigenvalue weighted by Crippen LogP contribution is -2.48.